The summed E-state index contributed by atoms with van der Waals surface area (Å²) in [5.74, 6) is 0. The molecule has 0 aliphatic heterocycles. The minimum Gasteiger partial charge on any atom is -0.393 e. The molecule has 0 spiro atoms. The van der Waals surface area contributed by atoms with E-state index in [2.05, 4.69) is 6.58 Å². The Bertz CT molecular complexity index is 144. The van der Waals surface area contributed by atoms with Gasteiger partial charge in [-0.25, -0.2) is 0 Å². The van der Waals surface area contributed by atoms with Gasteiger partial charge in [-0.2, -0.15) is 0 Å². The highest BCUT2D eigenvalue weighted by molar-refractivity contribution is 4.91. The van der Waals surface area contributed by atoms with Crippen LogP contribution in [0.5, 0.6) is 0 Å². The molecule has 1 fully saturated rings. The summed E-state index contributed by atoms with van der Waals surface area (Å²) in [6.45, 7) is 3.58. The van der Waals surface area contributed by atoms with E-state index in [4.69, 9.17) is 0 Å². The van der Waals surface area contributed by atoms with Gasteiger partial charge in [0, 0.05) is 6.42 Å². The average Bonchev–Trinajstić information content (AvgIpc) is 1.86. The zero-order valence-electron chi connectivity index (χ0n) is 6.79. The second-order valence-corrected chi connectivity index (χ2v) is 3.47. The van der Waals surface area contributed by atoms with Crippen LogP contribution >= 0.6 is 0 Å². The van der Waals surface area contributed by atoms with Crippen LogP contribution in [0.15, 0.2) is 12.7 Å². The third kappa shape index (κ3) is 2.31. The Morgan fingerprint density at radius 1 is 1.64 bits per heavy atom. The maximum atomic E-state index is 9.81. The van der Waals surface area contributed by atoms with E-state index >= 15 is 0 Å². The fraction of sp³-hybridized carbons (Fsp3) is 0.778. The Morgan fingerprint density at radius 2 is 2.36 bits per heavy atom. The van der Waals surface area contributed by atoms with Crippen LogP contribution in [0.25, 0.3) is 0 Å². The van der Waals surface area contributed by atoms with Crippen molar-refractivity contribution in [3.63, 3.8) is 0 Å². The SMILES string of the molecule is C=CCC1(O)CCC[C@H](O)C1. The van der Waals surface area contributed by atoms with Crippen LogP contribution < -0.4 is 0 Å². The van der Waals surface area contributed by atoms with Crippen molar-refractivity contribution in [3.05, 3.63) is 12.7 Å². The fourth-order valence-electron chi connectivity index (χ4n) is 1.76. The zero-order valence-corrected chi connectivity index (χ0v) is 6.79. The van der Waals surface area contributed by atoms with Crippen molar-refractivity contribution in [2.45, 2.75) is 43.8 Å². The van der Waals surface area contributed by atoms with Gasteiger partial charge in [-0.15, -0.1) is 6.58 Å². The van der Waals surface area contributed by atoms with Gasteiger partial charge in [0.15, 0.2) is 0 Å². The normalized spacial score (nSPS) is 38.5. The van der Waals surface area contributed by atoms with E-state index in [-0.39, 0.29) is 6.10 Å². The topological polar surface area (TPSA) is 40.5 Å². The van der Waals surface area contributed by atoms with Crippen molar-refractivity contribution in [2.24, 2.45) is 0 Å². The molecule has 2 N–H and O–H groups in total. The number of rotatable bonds is 2. The molecule has 2 atom stereocenters. The summed E-state index contributed by atoms with van der Waals surface area (Å²) in [5.41, 5.74) is -0.667. The van der Waals surface area contributed by atoms with Crippen LogP contribution in [0.3, 0.4) is 0 Å². The average molecular weight is 156 g/mol. The number of hydrogen-bond donors (Lipinski definition) is 2. The van der Waals surface area contributed by atoms with E-state index in [0.717, 1.165) is 19.3 Å². The molecule has 11 heavy (non-hydrogen) atoms. The molecule has 0 bridgehead atoms. The molecule has 0 aromatic rings. The quantitative estimate of drug-likeness (QED) is 0.590. The first-order valence-electron chi connectivity index (χ1n) is 4.18. The monoisotopic (exact) mass is 156 g/mol. The van der Waals surface area contributed by atoms with Gasteiger partial charge < -0.3 is 10.2 Å². The fourth-order valence-corrected chi connectivity index (χ4v) is 1.76. The van der Waals surface area contributed by atoms with Crippen molar-refractivity contribution in [1.82, 2.24) is 0 Å². The molecule has 2 nitrogen and oxygen atoms in total. The maximum absolute atomic E-state index is 9.81. The molecule has 2 heteroatoms. The first-order valence-corrected chi connectivity index (χ1v) is 4.18. The highest BCUT2D eigenvalue weighted by Gasteiger charge is 2.31. The Hall–Kier alpha value is -0.340. The van der Waals surface area contributed by atoms with Gasteiger partial charge in [0.2, 0.25) is 0 Å². The predicted octanol–water partition coefficient (Wildman–Crippen LogP) is 1.23. The van der Waals surface area contributed by atoms with Gasteiger partial charge in [-0.05, 0) is 25.7 Å². The van der Waals surface area contributed by atoms with Crippen LogP contribution in [0, 0.1) is 0 Å². The van der Waals surface area contributed by atoms with Gasteiger partial charge in [0.05, 0.1) is 11.7 Å². The largest absolute Gasteiger partial charge is 0.393 e. The highest BCUT2D eigenvalue weighted by Crippen LogP contribution is 2.31. The molecule has 1 rings (SSSR count). The van der Waals surface area contributed by atoms with Gasteiger partial charge >= 0.3 is 0 Å². The van der Waals surface area contributed by atoms with Crippen LogP contribution in [0.2, 0.25) is 0 Å². The Kier molecular flexibility index (Phi) is 2.68. The Balaban J connectivity index is 2.47. The van der Waals surface area contributed by atoms with Gasteiger partial charge in [-0.3, -0.25) is 0 Å². The van der Waals surface area contributed by atoms with Crippen LogP contribution in [0.4, 0.5) is 0 Å². The second kappa shape index (κ2) is 3.37. The standard InChI is InChI=1S/C9H16O2/c1-2-5-9(11)6-3-4-8(10)7-9/h2,8,10-11H,1,3-7H2/t8-,9?/m0/s1. The summed E-state index contributed by atoms with van der Waals surface area (Å²) in [6.07, 6.45) is 5.08. The zero-order chi connectivity index (χ0) is 8.32. The summed E-state index contributed by atoms with van der Waals surface area (Å²) >= 11 is 0. The smallest absolute Gasteiger partial charge is 0.0706 e. The highest BCUT2D eigenvalue weighted by atomic mass is 16.3. The summed E-state index contributed by atoms with van der Waals surface area (Å²) in [4.78, 5) is 0. The molecule has 1 saturated carbocycles. The molecule has 0 aromatic heterocycles. The predicted molar refractivity (Wildman–Crippen MR) is 44.2 cm³/mol. The van der Waals surface area contributed by atoms with Crippen molar-refractivity contribution in [1.29, 1.82) is 0 Å². The molecule has 0 aromatic carbocycles. The summed E-state index contributed by atoms with van der Waals surface area (Å²) in [6, 6.07) is 0. The van der Waals surface area contributed by atoms with Crippen LogP contribution in [0.1, 0.15) is 32.1 Å². The molecule has 0 saturated heterocycles. The molecule has 0 heterocycles. The molecule has 1 aliphatic carbocycles. The lowest BCUT2D eigenvalue weighted by molar-refractivity contribution is -0.0426. The van der Waals surface area contributed by atoms with E-state index < -0.39 is 5.60 Å². The Labute approximate surface area is 67.6 Å². The lowest BCUT2D eigenvalue weighted by Gasteiger charge is -2.33. The second-order valence-electron chi connectivity index (χ2n) is 3.47. The lowest BCUT2D eigenvalue weighted by Crippen LogP contribution is -2.36. The molecule has 0 amide bonds. The first-order chi connectivity index (χ1) is 5.16. The number of hydrogen-bond acceptors (Lipinski definition) is 2. The third-order valence-corrected chi connectivity index (χ3v) is 2.32. The van der Waals surface area contributed by atoms with E-state index in [9.17, 15) is 10.2 Å². The van der Waals surface area contributed by atoms with Crippen molar-refractivity contribution >= 4 is 0 Å². The van der Waals surface area contributed by atoms with E-state index in [1.54, 1.807) is 6.08 Å². The van der Waals surface area contributed by atoms with Crippen molar-refractivity contribution in [2.75, 3.05) is 0 Å². The van der Waals surface area contributed by atoms with E-state index in [1.807, 2.05) is 0 Å². The van der Waals surface area contributed by atoms with Crippen LogP contribution in [-0.4, -0.2) is 21.9 Å². The third-order valence-electron chi connectivity index (χ3n) is 2.32. The first kappa shape index (κ1) is 8.75. The minimum atomic E-state index is -0.667. The minimum absolute atomic E-state index is 0.311. The van der Waals surface area contributed by atoms with Crippen LogP contribution in [-0.2, 0) is 0 Å². The molecule has 64 valence electrons. The number of aliphatic hydroxyl groups excluding tert-OH is 1. The van der Waals surface area contributed by atoms with Gasteiger partial charge in [-0.1, -0.05) is 6.08 Å². The van der Waals surface area contributed by atoms with Gasteiger partial charge in [0.25, 0.3) is 0 Å². The maximum Gasteiger partial charge on any atom is 0.0706 e. The molecule has 0 radical (unpaired) electrons. The van der Waals surface area contributed by atoms with E-state index in [1.165, 1.54) is 0 Å². The number of aliphatic hydroxyl groups is 2. The lowest BCUT2D eigenvalue weighted by atomic mass is 9.81. The summed E-state index contributed by atoms with van der Waals surface area (Å²) < 4.78 is 0. The van der Waals surface area contributed by atoms with Gasteiger partial charge in [0.1, 0.15) is 0 Å². The molecular formula is C9H16O2. The van der Waals surface area contributed by atoms with Crippen molar-refractivity contribution < 1.29 is 10.2 Å². The molecular weight excluding hydrogens is 140 g/mol. The molecule has 1 aliphatic rings. The summed E-state index contributed by atoms with van der Waals surface area (Å²) in [5, 5.41) is 19.1. The summed E-state index contributed by atoms with van der Waals surface area (Å²) in [7, 11) is 0. The molecule has 1 unspecified atom stereocenters. The Morgan fingerprint density at radius 3 is 2.91 bits per heavy atom. The van der Waals surface area contributed by atoms with Crippen molar-refractivity contribution in [3.8, 4) is 0 Å². The van der Waals surface area contributed by atoms with E-state index in [0.29, 0.717) is 12.8 Å².